The predicted octanol–water partition coefficient (Wildman–Crippen LogP) is 2.16. The molecule has 3 aromatic rings. The van der Waals surface area contributed by atoms with Crippen molar-refractivity contribution in [1.82, 2.24) is 15.0 Å². The molecule has 2 aliphatic rings. The average molecular weight is 480 g/mol. The second-order valence-corrected chi connectivity index (χ2v) is 7.84. The van der Waals surface area contributed by atoms with Crippen LogP contribution in [0.2, 0.25) is 0 Å². The molecule has 0 aliphatic carbocycles. The van der Waals surface area contributed by atoms with Gasteiger partial charge in [0.1, 0.15) is 11.5 Å². The normalized spacial score (nSPS) is 16.6. The van der Waals surface area contributed by atoms with E-state index < -0.39 is 4.92 Å². The lowest BCUT2D eigenvalue weighted by Crippen LogP contribution is -2.40. The number of nitrogens with one attached hydrogen (secondary N) is 1. The van der Waals surface area contributed by atoms with Gasteiger partial charge < -0.3 is 23.7 Å². The van der Waals surface area contributed by atoms with Crippen molar-refractivity contribution in [2.24, 2.45) is 5.10 Å². The lowest BCUT2D eigenvalue weighted by molar-refractivity contribution is -0.384. The third-order valence-electron chi connectivity index (χ3n) is 5.52. The molecule has 0 unspecified atom stereocenters. The Morgan fingerprint density at radius 3 is 2.23 bits per heavy atom. The Hall–Kier alpha value is -4.10. The van der Waals surface area contributed by atoms with Gasteiger partial charge in [0.15, 0.2) is 0 Å². The fourth-order valence-corrected chi connectivity index (χ4v) is 3.72. The number of nitrogens with zero attached hydrogens (tertiary/aromatic N) is 7. The van der Waals surface area contributed by atoms with E-state index in [1.807, 2.05) is 0 Å². The van der Waals surface area contributed by atoms with Gasteiger partial charge in [0.25, 0.3) is 5.69 Å². The van der Waals surface area contributed by atoms with Crippen molar-refractivity contribution in [2.45, 2.75) is 0 Å². The molecular weight excluding hydrogens is 456 g/mol. The lowest BCUT2D eigenvalue weighted by Gasteiger charge is -2.30. The molecular formula is C22H24N8O5. The number of hydrogen-bond donors (Lipinski definition) is 1. The summed E-state index contributed by atoms with van der Waals surface area (Å²) in [6.07, 6.45) is 1.49. The number of furan rings is 1. The van der Waals surface area contributed by atoms with Crippen LogP contribution in [0.5, 0.6) is 0 Å². The van der Waals surface area contributed by atoms with Crippen LogP contribution in [0.4, 0.5) is 23.5 Å². The van der Waals surface area contributed by atoms with Crippen LogP contribution in [-0.2, 0) is 9.47 Å². The van der Waals surface area contributed by atoms with Crippen molar-refractivity contribution in [2.75, 3.05) is 67.8 Å². The molecule has 5 rings (SSSR count). The van der Waals surface area contributed by atoms with Crippen LogP contribution in [0.3, 0.4) is 0 Å². The Labute approximate surface area is 200 Å². The number of anilines is 3. The monoisotopic (exact) mass is 480 g/mol. The van der Waals surface area contributed by atoms with E-state index in [0.29, 0.717) is 87.5 Å². The second-order valence-electron chi connectivity index (χ2n) is 7.84. The highest BCUT2D eigenvalue weighted by molar-refractivity contribution is 5.78. The molecule has 1 aromatic carbocycles. The summed E-state index contributed by atoms with van der Waals surface area (Å²) in [5.74, 6) is 2.40. The third-order valence-corrected chi connectivity index (χ3v) is 5.52. The third kappa shape index (κ3) is 5.53. The van der Waals surface area contributed by atoms with Gasteiger partial charge in [0, 0.05) is 43.9 Å². The minimum Gasteiger partial charge on any atom is -0.455 e. The van der Waals surface area contributed by atoms with E-state index >= 15 is 0 Å². The zero-order valence-corrected chi connectivity index (χ0v) is 18.9. The first-order valence-corrected chi connectivity index (χ1v) is 11.2. The maximum atomic E-state index is 11.0. The van der Waals surface area contributed by atoms with E-state index in [-0.39, 0.29) is 5.69 Å². The lowest BCUT2D eigenvalue weighted by atomic mass is 10.1. The summed E-state index contributed by atoms with van der Waals surface area (Å²) in [6.45, 7) is 5.25. The highest BCUT2D eigenvalue weighted by atomic mass is 16.6. The first kappa shape index (κ1) is 22.7. The summed E-state index contributed by atoms with van der Waals surface area (Å²) < 4.78 is 16.7. The van der Waals surface area contributed by atoms with Crippen LogP contribution in [-0.4, -0.2) is 78.7 Å². The molecule has 0 bridgehead atoms. The van der Waals surface area contributed by atoms with Gasteiger partial charge in [-0.2, -0.15) is 20.1 Å². The summed E-state index contributed by atoms with van der Waals surface area (Å²) in [5.41, 5.74) is 3.47. The van der Waals surface area contributed by atoms with Crippen LogP contribution in [0.15, 0.2) is 45.9 Å². The maximum absolute atomic E-state index is 11.0. The van der Waals surface area contributed by atoms with Gasteiger partial charge in [-0.3, -0.25) is 10.1 Å². The van der Waals surface area contributed by atoms with Gasteiger partial charge in [-0.05, 0) is 12.1 Å². The molecule has 2 aromatic heterocycles. The number of aromatic nitrogens is 3. The van der Waals surface area contributed by atoms with Gasteiger partial charge >= 0.3 is 0 Å². The van der Waals surface area contributed by atoms with Crippen molar-refractivity contribution in [3.8, 4) is 11.3 Å². The molecule has 1 N–H and O–H groups in total. The van der Waals surface area contributed by atoms with Gasteiger partial charge in [0.05, 0.1) is 37.6 Å². The van der Waals surface area contributed by atoms with Crippen LogP contribution < -0.4 is 15.2 Å². The topological polar surface area (TPSA) is 144 Å². The molecule has 13 heteroatoms. The van der Waals surface area contributed by atoms with Crippen LogP contribution in [0.1, 0.15) is 5.76 Å². The van der Waals surface area contributed by atoms with Gasteiger partial charge in [0.2, 0.25) is 17.8 Å². The highest BCUT2D eigenvalue weighted by Gasteiger charge is 2.20. The average Bonchev–Trinajstić information content (AvgIpc) is 3.39. The largest absolute Gasteiger partial charge is 0.455 e. The number of benzene rings is 1. The highest BCUT2D eigenvalue weighted by Crippen LogP contribution is 2.25. The summed E-state index contributed by atoms with van der Waals surface area (Å²) in [7, 11) is 0. The Morgan fingerprint density at radius 1 is 0.943 bits per heavy atom. The molecule has 2 saturated heterocycles. The number of nitro benzene ring substituents is 1. The SMILES string of the molecule is O=[N+]([O-])c1cccc(-c2ccc(C=NNc3nc(N4CCOCC4)nc(N4CCOCC4)n3)o2)c1. The quantitative estimate of drug-likeness (QED) is 0.302. The van der Waals surface area contributed by atoms with E-state index in [2.05, 4.69) is 35.3 Å². The number of rotatable bonds is 7. The Bertz CT molecular complexity index is 1170. The minimum atomic E-state index is -0.441. The van der Waals surface area contributed by atoms with Crippen LogP contribution >= 0.6 is 0 Å². The predicted molar refractivity (Wildman–Crippen MR) is 128 cm³/mol. The standard InChI is InChI=1S/C22H24N8O5/c31-30(32)17-3-1-2-16(14-17)19-5-4-18(35-19)15-23-27-20-24-21(28-6-10-33-11-7-28)26-22(25-20)29-8-12-34-13-9-29/h1-5,14-15H,6-13H2,(H,24,25,26,27). The fourth-order valence-electron chi connectivity index (χ4n) is 3.72. The van der Waals surface area contributed by atoms with Gasteiger partial charge in [-0.15, -0.1) is 0 Å². The number of hydrazone groups is 1. The Morgan fingerprint density at radius 2 is 1.60 bits per heavy atom. The van der Waals surface area contributed by atoms with E-state index in [4.69, 9.17) is 13.9 Å². The summed E-state index contributed by atoms with van der Waals surface area (Å²) in [4.78, 5) is 28.4. The van der Waals surface area contributed by atoms with Crippen molar-refractivity contribution in [1.29, 1.82) is 0 Å². The molecule has 13 nitrogen and oxygen atoms in total. The summed E-state index contributed by atoms with van der Waals surface area (Å²) in [6, 6.07) is 9.72. The summed E-state index contributed by atoms with van der Waals surface area (Å²) in [5, 5.41) is 15.2. The zero-order chi connectivity index (χ0) is 24.0. The maximum Gasteiger partial charge on any atom is 0.270 e. The molecule has 2 fully saturated rings. The minimum absolute atomic E-state index is 0.00207. The molecule has 0 amide bonds. The number of nitro groups is 1. The number of ether oxygens (including phenoxy) is 2. The van der Waals surface area contributed by atoms with Crippen molar-refractivity contribution in [3.05, 3.63) is 52.3 Å². The van der Waals surface area contributed by atoms with E-state index in [1.165, 1.54) is 18.3 Å². The van der Waals surface area contributed by atoms with Crippen molar-refractivity contribution >= 4 is 29.7 Å². The fraction of sp³-hybridized carbons (Fsp3) is 0.364. The van der Waals surface area contributed by atoms with Crippen molar-refractivity contribution in [3.63, 3.8) is 0 Å². The Kier molecular flexibility index (Phi) is 6.77. The van der Waals surface area contributed by atoms with E-state index in [9.17, 15) is 10.1 Å². The van der Waals surface area contributed by atoms with E-state index in [0.717, 1.165) is 0 Å². The molecule has 0 saturated carbocycles. The first-order valence-electron chi connectivity index (χ1n) is 11.2. The van der Waals surface area contributed by atoms with E-state index in [1.54, 1.807) is 24.3 Å². The Balaban J connectivity index is 1.32. The molecule has 182 valence electrons. The molecule has 0 atom stereocenters. The van der Waals surface area contributed by atoms with Crippen LogP contribution in [0, 0.1) is 10.1 Å². The molecule has 35 heavy (non-hydrogen) atoms. The first-order chi connectivity index (χ1) is 17.2. The van der Waals surface area contributed by atoms with Gasteiger partial charge in [-0.25, -0.2) is 5.43 Å². The number of hydrogen-bond acceptors (Lipinski definition) is 12. The smallest absolute Gasteiger partial charge is 0.270 e. The molecule has 4 heterocycles. The zero-order valence-electron chi connectivity index (χ0n) is 18.9. The van der Waals surface area contributed by atoms with Crippen LogP contribution in [0.25, 0.3) is 11.3 Å². The number of non-ortho nitro benzene ring substituents is 1. The number of morpholine rings is 2. The molecule has 0 spiro atoms. The molecule has 2 aliphatic heterocycles. The molecule has 0 radical (unpaired) electrons. The van der Waals surface area contributed by atoms with Crippen molar-refractivity contribution < 1.29 is 18.8 Å². The second kappa shape index (κ2) is 10.4. The van der Waals surface area contributed by atoms with Gasteiger partial charge in [-0.1, -0.05) is 12.1 Å². The summed E-state index contributed by atoms with van der Waals surface area (Å²) >= 11 is 0.